The van der Waals surface area contributed by atoms with Crippen molar-refractivity contribution < 1.29 is 18.3 Å². The summed E-state index contributed by atoms with van der Waals surface area (Å²) in [6.07, 6.45) is 0. The largest absolute Gasteiger partial charge is 0.492 e. The van der Waals surface area contributed by atoms with Crippen molar-refractivity contribution >= 4 is 11.8 Å². The van der Waals surface area contributed by atoms with E-state index in [1.165, 1.54) is 28.6 Å². The maximum atomic E-state index is 12.2. The summed E-state index contributed by atoms with van der Waals surface area (Å²) in [5, 5.41) is 8.70. The van der Waals surface area contributed by atoms with E-state index in [0.717, 1.165) is 16.9 Å². The predicted molar refractivity (Wildman–Crippen MR) is 104 cm³/mol. The number of halogens is 2. The Hall–Kier alpha value is -2.81. The number of hydrogen-bond acceptors (Lipinski definition) is 6. The maximum absolute atomic E-state index is 12.2. The number of aryl methyl sites for hydroxylation is 2. The monoisotopic (exact) mass is 406 g/mol. The van der Waals surface area contributed by atoms with E-state index in [2.05, 4.69) is 14.9 Å². The number of nitrogens with two attached hydrogens (primary N) is 1. The predicted octanol–water partition coefficient (Wildman–Crippen LogP) is 4.05. The topological polar surface area (TPSA) is 75.2 Å². The lowest BCUT2D eigenvalue weighted by Gasteiger charge is -2.11. The normalized spacial score (nSPS) is 11.0. The highest BCUT2D eigenvalue weighted by Gasteiger charge is 2.13. The fourth-order valence-electron chi connectivity index (χ4n) is 2.66. The van der Waals surface area contributed by atoms with Gasteiger partial charge in [-0.1, -0.05) is 30.0 Å². The molecular weight excluding hydrogens is 386 g/mol. The molecule has 1 heterocycles. The first-order valence-corrected chi connectivity index (χ1v) is 9.52. The van der Waals surface area contributed by atoms with E-state index >= 15 is 0 Å². The molecule has 1 aromatic heterocycles. The Kier molecular flexibility index (Phi) is 6.35. The van der Waals surface area contributed by atoms with E-state index in [0.29, 0.717) is 28.9 Å². The van der Waals surface area contributed by atoms with Crippen LogP contribution < -0.4 is 15.3 Å². The van der Waals surface area contributed by atoms with Crippen LogP contribution in [0.4, 0.5) is 8.78 Å². The van der Waals surface area contributed by atoms with Gasteiger partial charge in [-0.2, -0.15) is 8.78 Å². The van der Waals surface area contributed by atoms with E-state index < -0.39 is 6.61 Å². The number of benzene rings is 2. The Balaban J connectivity index is 1.59. The van der Waals surface area contributed by atoms with Crippen molar-refractivity contribution in [2.45, 2.75) is 25.6 Å². The van der Waals surface area contributed by atoms with Gasteiger partial charge in [0.25, 0.3) is 0 Å². The van der Waals surface area contributed by atoms with Gasteiger partial charge in [0, 0.05) is 11.3 Å². The zero-order valence-electron chi connectivity index (χ0n) is 15.4. The molecule has 0 saturated heterocycles. The molecule has 148 valence electrons. The summed E-state index contributed by atoms with van der Waals surface area (Å²) in [4.78, 5) is 0. The number of thioether (sulfide) groups is 1. The first-order chi connectivity index (χ1) is 13.5. The van der Waals surface area contributed by atoms with Gasteiger partial charge in [0.1, 0.15) is 11.5 Å². The molecule has 28 heavy (non-hydrogen) atoms. The van der Waals surface area contributed by atoms with Gasteiger partial charge in [-0.05, 0) is 49.2 Å². The van der Waals surface area contributed by atoms with Crippen LogP contribution in [0.15, 0.2) is 47.6 Å². The third-order valence-electron chi connectivity index (χ3n) is 3.97. The summed E-state index contributed by atoms with van der Waals surface area (Å²) < 4.78 is 36.0. The SMILES string of the molecule is Cc1cccc(C)c1OCCSc1nnc(-c2ccc(OC(F)F)cc2)n1N. The average Bonchev–Trinajstić information content (AvgIpc) is 3.01. The lowest BCUT2D eigenvalue weighted by molar-refractivity contribution is -0.0498. The van der Waals surface area contributed by atoms with Gasteiger partial charge in [0.2, 0.25) is 5.16 Å². The van der Waals surface area contributed by atoms with Crippen molar-refractivity contribution in [3.8, 4) is 22.9 Å². The Morgan fingerprint density at radius 3 is 2.39 bits per heavy atom. The number of aromatic nitrogens is 3. The fraction of sp³-hybridized carbons (Fsp3) is 0.263. The minimum Gasteiger partial charge on any atom is -0.492 e. The molecule has 0 atom stereocenters. The molecule has 0 radical (unpaired) electrons. The minimum absolute atomic E-state index is 0.0695. The van der Waals surface area contributed by atoms with E-state index in [1.54, 1.807) is 12.1 Å². The average molecular weight is 406 g/mol. The van der Waals surface area contributed by atoms with E-state index in [1.807, 2.05) is 32.0 Å². The molecule has 0 saturated carbocycles. The Bertz CT molecular complexity index is 912. The fourth-order valence-corrected chi connectivity index (χ4v) is 3.33. The summed E-state index contributed by atoms with van der Waals surface area (Å²) in [5.41, 5.74) is 2.83. The van der Waals surface area contributed by atoms with Gasteiger partial charge in [0.05, 0.1) is 6.61 Å². The van der Waals surface area contributed by atoms with E-state index in [-0.39, 0.29) is 5.75 Å². The molecule has 0 spiro atoms. The molecule has 0 aliphatic carbocycles. The molecule has 9 heteroatoms. The van der Waals surface area contributed by atoms with Crippen LogP contribution in [0.3, 0.4) is 0 Å². The second-order valence-electron chi connectivity index (χ2n) is 6.00. The van der Waals surface area contributed by atoms with Crippen molar-refractivity contribution in [3.05, 3.63) is 53.6 Å². The van der Waals surface area contributed by atoms with E-state index in [9.17, 15) is 8.78 Å². The van der Waals surface area contributed by atoms with Crippen molar-refractivity contribution in [1.29, 1.82) is 0 Å². The highest BCUT2D eigenvalue weighted by atomic mass is 32.2. The molecule has 0 aliphatic heterocycles. The van der Waals surface area contributed by atoms with Gasteiger partial charge < -0.3 is 15.3 Å². The first-order valence-electron chi connectivity index (χ1n) is 8.53. The number of hydrogen-bond donors (Lipinski definition) is 1. The number of alkyl halides is 2. The van der Waals surface area contributed by atoms with Crippen LogP contribution in [0.5, 0.6) is 11.5 Å². The number of para-hydroxylation sites is 1. The van der Waals surface area contributed by atoms with Crippen LogP contribution in [-0.2, 0) is 0 Å². The minimum atomic E-state index is -2.86. The van der Waals surface area contributed by atoms with Crippen LogP contribution in [-0.4, -0.2) is 33.8 Å². The third kappa shape index (κ3) is 4.72. The molecule has 3 rings (SSSR count). The Labute approximate surface area is 165 Å². The lowest BCUT2D eigenvalue weighted by Crippen LogP contribution is -2.12. The van der Waals surface area contributed by atoms with Gasteiger partial charge in [0.15, 0.2) is 5.82 Å². The van der Waals surface area contributed by atoms with Crippen molar-refractivity contribution in [2.75, 3.05) is 18.2 Å². The summed E-state index contributed by atoms with van der Waals surface area (Å²) >= 11 is 1.42. The smallest absolute Gasteiger partial charge is 0.387 e. The molecule has 0 fully saturated rings. The highest BCUT2D eigenvalue weighted by Crippen LogP contribution is 2.25. The van der Waals surface area contributed by atoms with Crippen LogP contribution >= 0.6 is 11.8 Å². The molecule has 3 aromatic rings. The first kappa shape index (κ1) is 19.9. The quantitative estimate of drug-likeness (QED) is 0.346. The Morgan fingerprint density at radius 1 is 1.07 bits per heavy atom. The number of nitrogens with zero attached hydrogens (tertiary/aromatic N) is 3. The van der Waals surface area contributed by atoms with Gasteiger partial charge in [-0.25, -0.2) is 4.68 Å². The molecule has 2 N–H and O–H groups in total. The maximum Gasteiger partial charge on any atom is 0.387 e. The standard InChI is InChI=1S/C19H20F2N4O2S/c1-12-4-3-5-13(2)16(12)26-10-11-28-19-24-23-17(25(19)22)14-6-8-15(9-7-14)27-18(20)21/h3-9,18H,10-11,22H2,1-2H3. The Morgan fingerprint density at radius 2 is 1.75 bits per heavy atom. The van der Waals surface area contributed by atoms with Crippen molar-refractivity contribution in [1.82, 2.24) is 14.9 Å². The van der Waals surface area contributed by atoms with Gasteiger partial charge in [-0.15, -0.1) is 10.2 Å². The van der Waals surface area contributed by atoms with Gasteiger partial charge in [-0.3, -0.25) is 0 Å². The molecule has 0 bridgehead atoms. The molecule has 6 nitrogen and oxygen atoms in total. The lowest BCUT2D eigenvalue weighted by atomic mass is 10.1. The molecule has 0 unspecified atom stereocenters. The summed E-state index contributed by atoms with van der Waals surface area (Å²) in [5.74, 6) is 8.11. The summed E-state index contributed by atoms with van der Waals surface area (Å²) in [7, 11) is 0. The zero-order valence-corrected chi connectivity index (χ0v) is 16.2. The number of ether oxygens (including phenoxy) is 2. The molecule has 2 aromatic carbocycles. The van der Waals surface area contributed by atoms with Gasteiger partial charge >= 0.3 is 6.61 Å². The van der Waals surface area contributed by atoms with E-state index in [4.69, 9.17) is 10.6 Å². The second kappa shape index (κ2) is 8.92. The van der Waals surface area contributed by atoms with Crippen LogP contribution in [0, 0.1) is 13.8 Å². The highest BCUT2D eigenvalue weighted by molar-refractivity contribution is 7.99. The molecule has 0 aliphatic rings. The zero-order chi connectivity index (χ0) is 20.1. The van der Waals surface area contributed by atoms with Crippen LogP contribution in [0.25, 0.3) is 11.4 Å². The second-order valence-corrected chi connectivity index (χ2v) is 7.06. The number of rotatable bonds is 8. The van der Waals surface area contributed by atoms with Crippen LogP contribution in [0.2, 0.25) is 0 Å². The molecular formula is C19H20F2N4O2S. The van der Waals surface area contributed by atoms with Crippen molar-refractivity contribution in [2.24, 2.45) is 0 Å². The summed E-state index contributed by atoms with van der Waals surface area (Å²) in [6, 6.07) is 12.1. The molecule has 0 amide bonds. The van der Waals surface area contributed by atoms with Crippen LogP contribution in [0.1, 0.15) is 11.1 Å². The summed E-state index contributed by atoms with van der Waals surface area (Å²) in [6.45, 7) is 1.65. The third-order valence-corrected chi connectivity index (χ3v) is 4.88. The van der Waals surface area contributed by atoms with Crippen molar-refractivity contribution in [3.63, 3.8) is 0 Å². The number of nitrogen functional groups attached to an aromatic ring is 1.